The number of carbonyl (C=O) groups is 1. The van der Waals surface area contributed by atoms with E-state index in [9.17, 15) is 9.90 Å². The van der Waals surface area contributed by atoms with Gasteiger partial charge in [-0.05, 0) is 19.3 Å². The molecule has 0 unspecified atom stereocenters. The maximum absolute atomic E-state index is 11.3. The summed E-state index contributed by atoms with van der Waals surface area (Å²) >= 11 is 0. The zero-order valence-electron chi connectivity index (χ0n) is 7.20. The summed E-state index contributed by atoms with van der Waals surface area (Å²) in [4.78, 5) is 13.0. The van der Waals surface area contributed by atoms with Gasteiger partial charge in [0.1, 0.15) is 6.10 Å². The van der Waals surface area contributed by atoms with Crippen LogP contribution >= 0.6 is 0 Å². The quantitative estimate of drug-likeness (QED) is 0.627. The molecular weight excluding hydrogens is 154 g/mol. The number of nitrogens with zero attached hydrogens (tertiary/aromatic N) is 1. The molecule has 12 heavy (non-hydrogen) atoms. The first-order valence-electron chi connectivity index (χ1n) is 4.33. The van der Waals surface area contributed by atoms with Crippen molar-refractivity contribution in [3.8, 4) is 0 Å². The number of carbonyl (C=O) groups excluding carboxylic acids is 1. The summed E-state index contributed by atoms with van der Waals surface area (Å²) in [6, 6.07) is 0. The SMILES string of the molecule is C=CCCN1CCC[C@@H](O)C1=O. The predicted molar refractivity (Wildman–Crippen MR) is 46.6 cm³/mol. The molecule has 0 radical (unpaired) electrons. The Morgan fingerprint density at radius 2 is 2.50 bits per heavy atom. The maximum Gasteiger partial charge on any atom is 0.251 e. The molecule has 0 aliphatic carbocycles. The molecule has 1 amide bonds. The second kappa shape index (κ2) is 4.26. The average molecular weight is 169 g/mol. The smallest absolute Gasteiger partial charge is 0.251 e. The maximum atomic E-state index is 11.3. The average Bonchev–Trinajstić information content (AvgIpc) is 2.08. The molecule has 68 valence electrons. The van der Waals surface area contributed by atoms with E-state index in [1.54, 1.807) is 11.0 Å². The molecule has 1 rings (SSSR count). The van der Waals surface area contributed by atoms with Crippen molar-refractivity contribution < 1.29 is 9.90 Å². The van der Waals surface area contributed by atoms with Crippen LogP contribution in [0.5, 0.6) is 0 Å². The van der Waals surface area contributed by atoms with Gasteiger partial charge in [0.2, 0.25) is 0 Å². The molecule has 1 N–H and O–H groups in total. The lowest BCUT2D eigenvalue weighted by Crippen LogP contribution is -2.44. The highest BCUT2D eigenvalue weighted by Crippen LogP contribution is 2.11. The molecule has 0 aromatic carbocycles. The molecule has 1 heterocycles. The Morgan fingerprint density at radius 3 is 3.17 bits per heavy atom. The van der Waals surface area contributed by atoms with E-state index in [0.29, 0.717) is 13.0 Å². The van der Waals surface area contributed by atoms with Gasteiger partial charge in [-0.15, -0.1) is 6.58 Å². The minimum atomic E-state index is -0.761. The summed E-state index contributed by atoms with van der Waals surface area (Å²) in [5.74, 6) is -0.122. The summed E-state index contributed by atoms with van der Waals surface area (Å²) in [5.41, 5.74) is 0. The van der Waals surface area contributed by atoms with E-state index in [4.69, 9.17) is 0 Å². The van der Waals surface area contributed by atoms with Gasteiger partial charge in [-0.25, -0.2) is 0 Å². The number of likely N-dealkylation sites (tertiary alicyclic amines) is 1. The van der Waals surface area contributed by atoms with Gasteiger partial charge in [-0.2, -0.15) is 0 Å². The van der Waals surface area contributed by atoms with Crippen molar-refractivity contribution in [2.75, 3.05) is 13.1 Å². The third-order valence-corrected chi connectivity index (χ3v) is 2.11. The van der Waals surface area contributed by atoms with Gasteiger partial charge in [0.05, 0.1) is 0 Å². The Balaban J connectivity index is 2.40. The number of rotatable bonds is 3. The van der Waals surface area contributed by atoms with Gasteiger partial charge in [-0.1, -0.05) is 6.08 Å². The topological polar surface area (TPSA) is 40.5 Å². The zero-order chi connectivity index (χ0) is 8.97. The van der Waals surface area contributed by atoms with Crippen LogP contribution in [0.1, 0.15) is 19.3 Å². The van der Waals surface area contributed by atoms with E-state index >= 15 is 0 Å². The van der Waals surface area contributed by atoms with Crippen LogP contribution in [0.15, 0.2) is 12.7 Å². The third kappa shape index (κ3) is 2.08. The molecule has 0 aromatic heterocycles. The van der Waals surface area contributed by atoms with E-state index in [0.717, 1.165) is 19.4 Å². The molecule has 0 saturated carbocycles. The normalized spacial score (nSPS) is 24.2. The summed E-state index contributed by atoms with van der Waals surface area (Å²) in [7, 11) is 0. The Morgan fingerprint density at radius 1 is 1.75 bits per heavy atom. The van der Waals surface area contributed by atoms with E-state index in [1.165, 1.54) is 0 Å². The number of hydrogen-bond donors (Lipinski definition) is 1. The van der Waals surface area contributed by atoms with Crippen LogP contribution < -0.4 is 0 Å². The molecule has 0 bridgehead atoms. The van der Waals surface area contributed by atoms with Gasteiger partial charge in [-0.3, -0.25) is 4.79 Å². The lowest BCUT2D eigenvalue weighted by molar-refractivity contribution is -0.143. The molecule has 0 spiro atoms. The van der Waals surface area contributed by atoms with Crippen LogP contribution in [0.4, 0.5) is 0 Å². The molecule has 1 saturated heterocycles. The second-order valence-electron chi connectivity index (χ2n) is 3.06. The van der Waals surface area contributed by atoms with Gasteiger partial charge < -0.3 is 10.0 Å². The second-order valence-corrected chi connectivity index (χ2v) is 3.06. The number of piperidine rings is 1. The fourth-order valence-electron chi connectivity index (χ4n) is 1.39. The number of hydrogen-bond acceptors (Lipinski definition) is 2. The van der Waals surface area contributed by atoms with Crippen molar-refractivity contribution in [2.45, 2.75) is 25.4 Å². The van der Waals surface area contributed by atoms with Crippen molar-refractivity contribution in [2.24, 2.45) is 0 Å². The molecule has 1 aliphatic rings. The molecule has 3 nitrogen and oxygen atoms in total. The monoisotopic (exact) mass is 169 g/mol. The minimum absolute atomic E-state index is 0.122. The van der Waals surface area contributed by atoms with E-state index in [1.807, 2.05) is 0 Å². The minimum Gasteiger partial charge on any atom is -0.383 e. The largest absolute Gasteiger partial charge is 0.383 e. The third-order valence-electron chi connectivity index (χ3n) is 2.11. The number of aliphatic hydroxyl groups excluding tert-OH is 1. The van der Waals surface area contributed by atoms with Crippen LogP contribution in [-0.2, 0) is 4.79 Å². The fraction of sp³-hybridized carbons (Fsp3) is 0.667. The van der Waals surface area contributed by atoms with Gasteiger partial charge >= 0.3 is 0 Å². The fourth-order valence-corrected chi connectivity index (χ4v) is 1.39. The van der Waals surface area contributed by atoms with Crippen molar-refractivity contribution in [1.82, 2.24) is 4.90 Å². The first-order chi connectivity index (χ1) is 5.75. The van der Waals surface area contributed by atoms with Crippen molar-refractivity contribution >= 4 is 5.91 Å². The lowest BCUT2D eigenvalue weighted by atomic mass is 10.1. The van der Waals surface area contributed by atoms with Crippen molar-refractivity contribution in [3.63, 3.8) is 0 Å². The van der Waals surface area contributed by atoms with Crippen molar-refractivity contribution in [1.29, 1.82) is 0 Å². The Hall–Kier alpha value is -0.830. The number of amides is 1. The van der Waals surface area contributed by atoms with Gasteiger partial charge in [0.25, 0.3) is 5.91 Å². The van der Waals surface area contributed by atoms with E-state index in [-0.39, 0.29) is 5.91 Å². The molecule has 1 atom stereocenters. The Labute approximate surface area is 72.7 Å². The molecule has 0 aromatic rings. The summed E-state index contributed by atoms with van der Waals surface area (Å²) in [6.07, 6.45) is 3.35. The highest BCUT2D eigenvalue weighted by Gasteiger charge is 2.25. The summed E-state index contributed by atoms with van der Waals surface area (Å²) in [5, 5.41) is 9.23. The standard InChI is InChI=1S/C9H15NO2/c1-2-3-6-10-7-4-5-8(11)9(10)12/h2,8,11H,1,3-7H2/t8-/m1/s1. The molecule has 1 aliphatic heterocycles. The Kier molecular flexibility index (Phi) is 3.29. The number of aliphatic hydroxyl groups is 1. The first kappa shape index (κ1) is 9.26. The lowest BCUT2D eigenvalue weighted by Gasteiger charge is -2.29. The van der Waals surface area contributed by atoms with Crippen LogP contribution in [0.2, 0.25) is 0 Å². The van der Waals surface area contributed by atoms with Crippen LogP contribution in [0.25, 0.3) is 0 Å². The van der Waals surface area contributed by atoms with Crippen LogP contribution in [0.3, 0.4) is 0 Å². The van der Waals surface area contributed by atoms with Crippen LogP contribution in [0, 0.1) is 0 Å². The van der Waals surface area contributed by atoms with E-state index in [2.05, 4.69) is 6.58 Å². The highest BCUT2D eigenvalue weighted by atomic mass is 16.3. The zero-order valence-corrected chi connectivity index (χ0v) is 7.20. The summed E-state index contributed by atoms with van der Waals surface area (Å²) < 4.78 is 0. The van der Waals surface area contributed by atoms with Crippen LogP contribution in [-0.4, -0.2) is 35.1 Å². The molecular formula is C9H15NO2. The Bertz CT molecular complexity index is 179. The van der Waals surface area contributed by atoms with Gasteiger partial charge in [0.15, 0.2) is 0 Å². The predicted octanol–water partition coefficient (Wildman–Crippen LogP) is 0.546. The molecule has 1 fully saturated rings. The molecule has 3 heteroatoms. The van der Waals surface area contributed by atoms with E-state index < -0.39 is 6.10 Å². The first-order valence-corrected chi connectivity index (χ1v) is 4.33. The van der Waals surface area contributed by atoms with Gasteiger partial charge in [0, 0.05) is 13.1 Å². The highest BCUT2D eigenvalue weighted by molar-refractivity contribution is 5.81. The van der Waals surface area contributed by atoms with Crippen molar-refractivity contribution in [3.05, 3.63) is 12.7 Å². The summed E-state index contributed by atoms with van der Waals surface area (Å²) in [6.45, 7) is 5.06.